The Hall–Kier alpha value is -3.22. The van der Waals surface area contributed by atoms with Gasteiger partial charge in [-0.25, -0.2) is 4.79 Å². The van der Waals surface area contributed by atoms with Gasteiger partial charge in [-0.1, -0.05) is 12.1 Å². The first-order valence-electron chi connectivity index (χ1n) is 7.37. The zero-order valence-electron chi connectivity index (χ0n) is 14.1. The van der Waals surface area contributed by atoms with E-state index in [2.05, 4.69) is 10.1 Å². The van der Waals surface area contributed by atoms with Gasteiger partial charge < -0.3 is 10.1 Å². The number of anilines is 1. The molecule has 1 aromatic carbocycles. The third kappa shape index (κ3) is 3.88. The summed E-state index contributed by atoms with van der Waals surface area (Å²) in [5.74, 6) is -0.337. The lowest BCUT2D eigenvalue weighted by molar-refractivity contribution is -0.274. The summed E-state index contributed by atoms with van der Waals surface area (Å²) < 4.78 is 42.3. The van der Waals surface area contributed by atoms with Gasteiger partial charge in [0.15, 0.2) is 5.56 Å². The standard InChI is InChI=1S/C16H15F3N4O3/c1-9(10-4-6-11(7-5-10)26-16(17,18)19)21-13-12(8-20)14(24)23(3)15(25)22(13)2/h4-7,9,21H,1-3H3/t9-/m0/s1. The summed E-state index contributed by atoms with van der Waals surface area (Å²) in [4.78, 5) is 24.1. The molecule has 0 spiro atoms. The zero-order chi connectivity index (χ0) is 19.6. The fourth-order valence-corrected chi connectivity index (χ4v) is 2.36. The molecule has 1 atom stereocenters. The molecule has 2 aromatic rings. The Labute approximate surface area is 145 Å². The van der Waals surface area contributed by atoms with E-state index in [1.54, 1.807) is 13.0 Å². The van der Waals surface area contributed by atoms with E-state index in [4.69, 9.17) is 0 Å². The Bertz CT molecular complexity index is 969. The molecule has 7 nitrogen and oxygen atoms in total. The molecule has 0 bridgehead atoms. The van der Waals surface area contributed by atoms with E-state index in [1.807, 2.05) is 0 Å². The van der Waals surface area contributed by atoms with Gasteiger partial charge in [0.25, 0.3) is 5.56 Å². The minimum Gasteiger partial charge on any atom is -0.406 e. The lowest BCUT2D eigenvalue weighted by atomic mass is 10.1. The summed E-state index contributed by atoms with van der Waals surface area (Å²) in [6.07, 6.45) is -4.78. The van der Waals surface area contributed by atoms with Gasteiger partial charge in [0.1, 0.15) is 17.6 Å². The van der Waals surface area contributed by atoms with Crippen molar-refractivity contribution in [2.45, 2.75) is 19.3 Å². The highest BCUT2D eigenvalue weighted by atomic mass is 19.4. The topological polar surface area (TPSA) is 89.0 Å². The molecule has 0 aliphatic carbocycles. The highest BCUT2D eigenvalue weighted by Gasteiger charge is 2.31. The number of halogens is 3. The van der Waals surface area contributed by atoms with Crippen LogP contribution in [-0.4, -0.2) is 15.5 Å². The average molecular weight is 368 g/mol. The highest BCUT2D eigenvalue weighted by Crippen LogP contribution is 2.25. The predicted octanol–water partition coefficient (Wildman–Crippen LogP) is 2.03. The minimum absolute atomic E-state index is 0.0312. The molecule has 138 valence electrons. The lowest BCUT2D eigenvalue weighted by Gasteiger charge is -2.19. The van der Waals surface area contributed by atoms with E-state index < -0.39 is 23.7 Å². The van der Waals surface area contributed by atoms with Gasteiger partial charge >= 0.3 is 12.1 Å². The number of benzene rings is 1. The van der Waals surface area contributed by atoms with Crippen LogP contribution in [0.5, 0.6) is 5.75 Å². The van der Waals surface area contributed by atoms with Gasteiger partial charge in [-0.05, 0) is 24.6 Å². The molecule has 1 N–H and O–H groups in total. The molecule has 0 fully saturated rings. The van der Waals surface area contributed by atoms with Crippen molar-refractivity contribution < 1.29 is 17.9 Å². The average Bonchev–Trinajstić information content (AvgIpc) is 2.57. The lowest BCUT2D eigenvalue weighted by Crippen LogP contribution is -2.40. The van der Waals surface area contributed by atoms with Crippen LogP contribution in [0.3, 0.4) is 0 Å². The maximum atomic E-state index is 12.2. The number of alkyl halides is 3. The normalized spacial score (nSPS) is 12.3. The van der Waals surface area contributed by atoms with Crippen molar-refractivity contribution in [2.24, 2.45) is 14.1 Å². The van der Waals surface area contributed by atoms with Crippen molar-refractivity contribution >= 4 is 5.82 Å². The molecule has 1 aromatic heterocycles. The second kappa shape index (κ2) is 6.95. The molecule has 2 rings (SSSR count). The highest BCUT2D eigenvalue weighted by molar-refractivity contribution is 5.52. The maximum absolute atomic E-state index is 12.2. The monoisotopic (exact) mass is 368 g/mol. The molecule has 1 heterocycles. The largest absolute Gasteiger partial charge is 0.573 e. The van der Waals surface area contributed by atoms with Crippen LogP contribution >= 0.6 is 0 Å². The van der Waals surface area contributed by atoms with E-state index >= 15 is 0 Å². The number of hydrogen-bond donors (Lipinski definition) is 1. The molecule has 0 unspecified atom stereocenters. The van der Waals surface area contributed by atoms with Crippen LogP contribution in [0.4, 0.5) is 19.0 Å². The number of rotatable bonds is 4. The first-order valence-corrected chi connectivity index (χ1v) is 7.37. The third-order valence-corrected chi connectivity index (χ3v) is 3.74. The first kappa shape index (κ1) is 19.1. The number of nitriles is 1. The van der Waals surface area contributed by atoms with Crippen LogP contribution < -0.4 is 21.3 Å². The Kier molecular flexibility index (Phi) is 5.11. The fraction of sp³-hybridized carbons (Fsp3) is 0.312. The number of aromatic nitrogens is 2. The smallest absolute Gasteiger partial charge is 0.406 e. The summed E-state index contributed by atoms with van der Waals surface area (Å²) in [6.45, 7) is 1.67. The molecule has 0 aliphatic heterocycles. The molecule has 0 aliphatic rings. The van der Waals surface area contributed by atoms with Crippen molar-refractivity contribution in [1.29, 1.82) is 5.26 Å². The third-order valence-electron chi connectivity index (χ3n) is 3.74. The summed E-state index contributed by atoms with van der Waals surface area (Å²) >= 11 is 0. The number of nitrogens with one attached hydrogen (secondary N) is 1. The summed E-state index contributed by atoms with van der Waals surface area (Å²) in [6, 6.07) is 6.37. The second-order valence-electron chi connectivity index (χ2n) is 5.52. The Balaban J connectivity index is 2.34. The number of nitrogens with zero attached hydrogens (tertiary/aromatic N) is 3. The van der Waals surface area contributed by atoms with Gasteiger partial charge in [0.05, 0.1) is 0 Å². The predicted molar refractivity (Wildman–Crippen MR) is 86.8 cm³/mol. The van der Waals surface area contributed by atoms with E-state index in [0.717, 1.165) is 21.3 Å². The summed E-state index contributed by atoms with van der Waals surface area (Å²) in [5, 5.41) is 12.1. The second-order valence-corrected chi connectivity index (χ2v) is 5.52. The zero-order valence-corrected chi connectivity index (χ0v) is 14.1. The Morgan fingerprint density at radius 2 is 1.73 bits per heavy atom. The van der Waals surface area contributed by atoms with E-state index in [9.17, 15) is 28.0 Å². The fourth-order valence-electron chi connectivity index (χ4n) is 2.36. The van der Waals surface area contributed by atoms with Crippen LogP contribution in [0.25, 0.3) is 0 Å². The van der Waals surface area contributed by atoms with E-state index in [1.165, 1.54) is 26.2 Å². The van der Waals surface area contributed by atoms with Crippen LogP contribution in [0.2, 0.25) is 0 Å². The van der Waals surface area contributed by atoms with Crippen LogP contribution in [-0.2, 0) is 14.1 Å². The molecular weight excluding hydrogens is 353 g/mol. The summed E-state index contributed by atoms with van der Waals surface area (Å²) in [7, 11) is 2.66. The first-order chi connectivity index (χ1) is 12.0. The van der Waals surface area contributed by atoms with Crippen molar-refractivity contribution in [3.8, 4) is 11.8 Å². The van der Waals surface area contributed by atoms with Gasteiger partial charge in [-0.2, -0.15) is 5.26 Å². The Morgan fingerprint density at radius 1 is 1.15 bits per heavy atom. The van der Waals surface area contributed by atoms with Crippen molar-refractivity contribution in [3.63, 3.8) is 0 Å². The molecule has 10 heteroatoms. The molecule has 0 saturated heterocycles. The maximum Gasteiger partial charge on any atom is 0.573 e. The minimum atomic E-state index is -4.78. The van der Waals surface area contributed by atoms with E-state index in [0.29, 0.717) is 5.56 Å². The molecule has 26 heavy (non-hydrogen) atoms. The summed E-state index contributed by atoms with van der Waals surface area (Å²) in [5.41, 5.74) is -1.02. The molecule has 0 saturated carbocycles. The molecule has 0 radical (unpaired) electrons. The quantitative estimate of drug-likeness (QED) is 0.892. The van der Waals surface area contributed by atoms with Crippen molar-refractivity contribution in [3.05, 3.63) is 56.2 Å². The number of hydrogen-bond acceptors (Lipinski definition) is 5. The van der Waals surface area contributed by atoms with Crippen molar-refractivity contribution in [1.82, 2.24) is 9.13 Å². The van der Waals surface area contributed by atoms with Gasteiger partial charge in [-0.15, -0.1) is 13.2 Å². The SMILES string of the molecule is C[C@H](Nc1c(C#N)c(=O)n(C)c(=O)n1C)c1ccc(OC(F)(F)F)cc1. The van der Waals surface area contributed by atoms with Crippen LogP contribution in [0, 0.1) is 11.3 Å². The molecular formula is C16H15F3N4O3. The number of ether oxygens (including phenoxy) is 1. The van der Waals surface area contributed by atoms with Gasteiger partial charge in [0, 0.05) is 20.1 Å². The van der Waals surface area contributed by atoms with E-state index in [-0.39, 0.29) is 17.1 Å². The Morgan fingerprint density at radius 3 is 2.23 bits per heavy atom. The van der Waals surface area contributed by atoms with Gasteiger partial charge in [0.2, 0.25) is 0 Å². The van der Waals surface area contributed by atoms with Gasteiger partial charge in [-0.3, -0.25) is 13.9 Å². The van der Waals surface area contributed by atoms with Crippen molar-refractivity contribution in [2.75, 3.05) is 5.32 Å². The van der Waals surface area contributed by atoms with Crippen LogP contribution in [0.1, 0.15) is 24.1 Å². The van der Waals surface area contributed by atoms with Crippen LogP contribution in [0.15, 0.2) is 33.9 Å². The molecule has 0 amide bonds.